The number of hydrazone groups is 1. The molecule has 1 aliphatic rings. The summed E-state index contributed by atoms with van der Waals surface area (Å²) in [6.45, 7) is 6.10. The molecule has 0 atom stereocenters. The Balaban J connectivity index is 1.81. The lowest BCUT2D eigenvalue weighted by molar-refractivity contribution is -0.123. The number of carbonyl (C=O) groups is 3. The maximum absolute atomic E-state index is 11.9. The number of nitrogens with zero attached hydrogens (tertiary/aromatic N) is 1. The molecule has 0 saturated heterocycles. The van der Waals surface area contributed by atoms with Gasteiger partial charge in [-0.25, -0.2) is 10.2 Å². The lowest BCUT2D eigenvalue weighted by Gasteiger charge is -2.28. The smallest absolute Gasteiger partial charge is 0.338 e. The van der Waals surface area contributed by atoms with Crippen molar-refractivity contribution in [3.63, 3.8) is 0 Å². The fourth-order valence-electron chi connectivity index (χ4n) is 2.87. The molecule has 1 saturated carbocycles. The van der Waals surface area contributed by atoms with E-state index in [0.717, 1.165) is 6.42 Å². The van der Waals surface area contributed by atoms with Gasteiger partial charge in [-0.3, -0.25) is 9.59 Å². The van der Waals surface area contributed by atoms with Gasteiger partial charge in [-0.05, 0) is 42.5 Å². The summed E-state index contributed by atoms with van der Waals surface area (Å²) in [7, 11) is 0. The van der Waals surface area contributed by atoms with Gasteiger partial charge in [0.05, 0.1) is 12.2 Å². The van der Waals surface area contributed by atoms with Gasteiger partial charge in [-0.2, -0.15) is 5.10 Å². The molecule has 7 heteroatoms. The maximum atomic E-state index is 11.9. The van der Waals surface area contributed by atoms with Crippen molar-refractivity contribution in [3.8, 4) is 5.75 Å². The molecule has 27 heavy (non-hydrogen) atoms. The number of nitrogens with one attached hydrogen (secondary N) is 1. The predicted molar refractivity (Wildman–Crippen MR) is 101 cm³/mol. The minimum absolute atomic E-state index is 0.130. The SMILES string of the molecule is CCCOC(=O)c1ccc(OCC(=O)NN=C2CC(=O)CC(C)(C)C2)cc1. The number of esters is 1. The second kappa shape index (κ2) is 9.30. The molecule has 146 valence electrons. The minimum atomic E-state index is -0.412. The highest BCUT2D eigenvalue weighted by atomic mass is 16.5. The summed E-state index contributed by atoms with van der Waals surface area (Å²) in [5, 5.41) is 4.06. The van der Waals surface area contributed by atoms with Gasteiger partial charge in [0.25, 0.3) is 5.91 Å². The topological polar surface area (TPSA) is 94.1 Å². The zero-order chi connectivity index (χ0) is 19.9. The van der Waals surface area contributed by atoms with Crippen LogP contribution in [-0.2, 0) is 14.3 Å². The molecule has 1 fully saturated rings. The number of rotatable bonds is 7. The average molecular weight is 374 g/mol. The van der Waals surface area contributed by atoms with Gasteiger partial charge in [-0.15, -0.1) is 0 Å². The largest absolute Gasteiger partial charge is 0.484 e. The summed E-state index contributed by atoms with van der Waals surface area (Å²) in [4.78, 5) is 35.3. The Labute approximate surface area is 159 Å². The highest BCUT2D eigenvalue weighted by molar-refractivity contribution is 6.05. The van der Waals surface area contributed by atoms with Crippen LogP contribution in [0.4, 0.5) is 0 Å². The maximum Gasteiger partial charge on any atom is 0.338 e. The first-order valence-electron chi connectivity index (χ1n) is 9.05. The number of Topliss-reactive ketones (excluding diaryl/α,β-unsaturated/α-hetero) is 1. The van der Waals surface area contributed by atoms with E-state index in [2.05, 4.69) is 10.5 Å². The number of hydrogen-bond acceptors (Lipinski definition) is 6. The molecule has 0 unspecified atom stereocenters. The quantitative estimate of drug-likeness (QED) is 0.585. The zero-order valence-electron chi connectivity index (χ0n) is 16.0. The standard InChI is InChI=1S/C20H26N2O5/c1-4-9-26-19(25)14-5-7-17(8-6-14)27-13-18(24)22-21-15-10-16(23)12-20(2,3)11-15/h5-8H,4,9-13H2,1-3H3,(H,22,24). The number of hydrogen-bond donors (Lipinski definition) is 1. The number of ether oxygens (including phenoxy) is 2. The molecule has 0 spiro atoms. The highest BCUT2D eigenvalue weighted by Gasteiger charge is 2.30. The van der Waals surface area contributed by atoms with Crippen LogP contribution in [-0.4, -0.2) is 36.6 Å². The normalized spacial score (nSPS) is 17.4. The zero-order valence-corrected chi connectivity index (χ0v) is 16.0. The van der Waals surface area contributed by atoms with Gasteiger partial charge in [0.1, 0.15) is 11.5 Å². The van der Waals surface area contributed by atoms with Crippen LogP contribution in [0.1, 0.15) is 56.8 Å². The molecule has 1 aliphatic carbocycles. The Morgan fingerprint density at radius 1 is 1.19 bits per heavy atom. The molecule has 0 aromatic heterocycles. The van der Waals surface area contributed by atoms with Crippen molar-refractivity contribution in [1.82, 2.24) is 5.43 Å². The molecule has 1 amide bonds. The first-order valence-corrected chi connectivity index (χ1v) is 9.05. The van der Waals surface area contributed by atoms with Crippen molar-refractivity contribution >= 4 is 23.4 Å². The third-order valence-corrected chi connectivity index (χ3v) is 4.00. The number of carbonyl (C=O) groups excluding carboxylic acids is 3. The van der Waals surface area contributed by atoms with Crippen molar-refractivity contribution < 1.29 is 23.9 Å². The Morgan fingerprint density at radius 3 is 2.52 bits per heavy atom. The van der Waals surface area contributed by atoms with Crippen LogP contribution in [0.15, 0.2) is 29.4 Å². The summed E-state index contributed by atoms with van der Waals surface area (Å²) in [6.07, 6.45) is 2.25. The molecule has 1 aromatic rings. The van der Waals surface area contributed by atoms with E-state index >= 15 is 0 Å². The van der Waals surface area contributed by atoms with Crippen LogP contribution in [0.25, 0.3) is 0 Å². The van der Waals surface area contributed by atoms with Crippen LogP contribution in [0.5, 0.6) is 5.75 Å². The van der Waals surface area contributed by atoms with Crippen molar-refractivity contribution in [2.75, 3.05) is 13.2 Å². The lowest BCUT2D eigenvalue weighted by Crippen LogP contribution is -2.32. The molecule has 0 bridgehead atoms. The summed E-state index contributed by atoms with van der Waals surface area (Å²) in [6, 6.07) is 6.37. The van der Waals surface area contributed by atoms with Crippen molar-refractivity contribution in [1.29, 1.82) is 0 Å². The third-order valence-electron chi connectivity index (χ3n) is 4.00. The first kappa shape index (κ1) is 20.6. The van der Waals surface area contributed by atoms with E-state index in [1.54, 1.807) is 24.3 Å². The van der Waals surface area contributed by atoms with Crippen molar-refractivity contribution in [3.05, 3.63) is 29.8 Å². The summed E-state index contributed by atoms with van der Waals surface area (Å²) in [5.41, 5.74) is 3.41. The van der Waals surface area contributed by atoms with Gasteiger partial charge in [0.2, 0.25) is 0 Å². The number of benzene rings is 1. The van der Waals surface area contributed by atoms with Crippen LogP contribution in [0.3, 0.4) is 0 Å². The predicted octanol–water partition coefficient (Wildman–Crippen LogP) is 2.88. The summed E-state index contributed by atoms with van der Waals surface area (Å²) in [5.74, 6) is -0.210. The van der Waals surface area contributed by atoms with Crippen molar-refractivity contribution in [2.45, 2.75) is 46.5 Å². The van der Waals surface area contributed by atoms with Gasteiger partial charge in [0, 0.05) is 18.6 Å². The second-order valence-corrected chi connectivity index (χ2v) is 7.40. The van der Waals surface area contributed by atoms with Gasteiger partial charge in [-0.1, -0.05) is 20.8 Å². The van der Waals surface area contributed by atoms with Crippen LogP contribution < -0.4 is 10.2 Å². The number of ketones is 1. The highest BCUT2D eigenvalue weighted by Crippen LogP contribution is 2.31. The Morgan fingerprint density at radius 2 is 1.89 bits per heavy atom. The number of amides is 1. The summed E-state index contributed by atoms with van der Waals surface area (Å²) >= 11 is 0. The Bertz CT molecular complexity index is 722. The van der Waals surface area contributed by atoms with Crippen molar-refractivity contribution in [2.24, 2.45) is 10.5 Å². The van der Waals surface area contributed by atoms with E-state index in [4.69, 9.17) is 9.47 Å². The van der Waals surface area contributed by atoms with Gasteiger partial charge < -0.3 is 9.47 Å². The molecular formula is C20H26N2O5. The van der Waals surface area contributed by atoms with Crippen LogP contribution in [0, 0.1) is 5.41 Å². The van der Waals surface area contributed by atoms with Gasteiger partial charge in [0.15, 0.2) is 6.61 Å². The fraction of sp³-hybridized carbons (Fsp3) is 0.500. The first-order chi connectivity index (χ1) is 12.8. The molecular weight excluding hydrogens is 348 g/mol. The molecule has 0 aliphatic heterocycles. The second-order valence-electron chi connectivity index (χ2n) is 7.40. The van der Waals surface area contributed by atoms with Crippen LogP contribution >= 0.6 is 0 Å². The minimum Gasteiger partial charge on any atom is -0.484 e. The Kier molecular flexibility index (Phi) is 7.10. The monoisotopic (exact) mass is 374 g/mol. The van der Waals surface area contributed by atoms with E-state index in [9.17, 15) is 14.4 Å². The van der Waals surface area contributed by atoms with E-state index < -0.39 is 5.91 Å². The van der Waals surface area contributed by atoms with E-state index in [1.165, 1.54) is 0 Å². The van der Waals surface area contributed by atoms with Crippen LogP contribution in [0.2, 0.25) is 0 Å². The van der Waals surface area contributed by atoms with E-state index in [1.807, 2.05) is 20.8 Å². The molecule has 0 radical (unpaired) electrons. The summed E-state index contributed by atoms with van der Waals surface area (Å²) < 4.78 is 10.4. The van der Waals surface area contributed by atoms with Gasteiger partial charge >= 0.3 is 5.97 Å². The molecule has 7 nitrogen and oxygen atoms in total. The van der Waals surface area contributed by atoms with E-state index in [0.29, 0.717) is 36.5 Å². The third kappa shape index (κ3) is 6.84. The fourth-order valence-corrected chi connectivity index (χ4v) is 2.87. The average Bonchev–Trinajstić information content (AvgIpc) is 2.61. The molecule has 1 N–H and O–H groups in total. The Hall–Kier alpha value is -2.70. The molecule has 0 heterocycles. The lowest BCUT2D eigenvalue weighted by atomic mass is 9.76. The van der Waals surface area contributed by atoms with E-state index in [-0.39, 0.29) is 30.2 Å². The molecule has 1 aromatic carbocycles. The molecule has 2 rings (SSSR count).